The van der Waals surface area contributed by atoms with Gasteiger partial charge in [0.05, 0.1) is 17.1 Å². The highest BCUT2D eigenvalue weighted by Crippen LogP contribution is 2.20. The highest BCUT2D eigenvalue weighted by atomic mass is 35.5. The summed E-state index contributed by atoms with van der Waals surface area (Å²) in [6.07, 6.45) is 2.20. The van der Waals surface area contributed by atoms with Gasteiger partial charge in [0.15, 0.2) is 5.82 Å². The van der Waals surface area contributed by atoms with Gasteiger partial charge in [-0.15, -0.1) is 0 Å². The van der Waals surface area contributed by atoms with Gasteiger partial charge in [-0.05, 0) is 0 Å². The molecule has 0 bridgehead atoms. The molecule has 2 rings (SSSR count). The Labute approximate surface area is 113 Å². The highest BCUT2D eigenvalue weighted by molar-refractivity contribution is 6.29. The summed E-state index contributed by atoms with van der Waals surface area (Å²) in [7, 11) is 1.78. The van der Waals surface area contributed by atoms with E-state index >= 15 is 0 Å². The van der Waals surface area contributed by atoms with Crippen molar-refractivity contribution in [3.63, 3.8) is 0 Å². The summed E-state index contributed by atoms with van der Waals surface area (Å²) in [6, 6.07) is 2.53. The van der Waals surface area contributed by atoms with Gasteiger partial charge in [-0.2, -0.15) is 5.10 Å². The molecule has 2 aromatic heterocycles. The molecule has 0 radical (unpaired) electrons. The van der Waals surface area contributed by atoms with Gasteiger partial charge in [0, 0.05) is 20.0 Å². The molecule has 0 spiro atoms. The van der Waals surface area contributed by atoms with E-state index in [1.807, 2.05) is 0 Å². The van der Waals surface area contributed by atoms with Crippen LogP contribution in [0.15, 0.2) is 18.5 Å². The largest absolute Gasteiger partial charge is 0.369 e. The second kappa shape index (κ2) is 5.61. The van der Waals surface area contributed by atoms with Gasteiger partial charge in [-0.3, -0.25) is 14.8 Å². The molecule has 0 aliphatic heterocycles. The van der Waals surface area contributed by atoms with Crippen LogP contribution in [0.3, 0.4) is 0 Å². The Bertz CT molecular complexity index is 599. The molecule has 0 aliphatic carbocycles. The van der Waals surface area contributed by atoms with Crippen LogP contribution in [0, 0.1) is 10.1 Å². The molecule has 9 heteroatoms. The maximum absolute atomic E-state index is 10.7. The molecule has 0 saturated carbocycles. The summed E-state index contributed by atoms with van der Waals surface area (Å²) in [6.45, 7) is 0.508. The molecule has 8 nitrogen and oxygen atoms in total. The van der Waals surface area contributed by atoms with E-state index in [-0.39, 0.29) is 10.8 Å². The molecule has 19 heavy (non-hydrogen) atoms. The minimum atomic E-state index is -0.515. The fourth-order valence-corrected chi connectivity index (χ4v) is 1.68. The predicted molar refractivity (Wildman–Crippen MR) is 69.1 cm³/mol. The molecule has 0 unspecified atom stereocenters. The highest BCUT2D eigenvalue weighted by Gasteiger charge is 2.10. The van der Waals surface area contributed by atoms with Gasteiger partial charge < -0.3 is 5.32 Å². The SMILES string of the molecule is Cn1cnc(CCNc2cc([N+](=O)[O-])cc(Cl)n2)n1. The Balaban J connectivity index is 1.97. The molecule has 0 aromatic carbocycles. The first-order chi connectivity index (χ1) is 9.04. The first-order valence-corrected chi connectivity index (χ1v) is 5.83. The van der Waals surface area contributed by atoms with Gasteiger partial charge in [0.25, 0.3) is 5.69 Å². The zero-order valence-electron chi connectivity index (χ0n) is 10.1. The number of aryl methyl sites for hydroxylation is 1. The average molecular weight is 283 g/mol. The van der Waals surface area contributed by atoms with Gasteiger partial charge in [-0.1, -0.05) is 11.6 Å². The topological polar surface area (TPSA) is 98.8 Å². The minimum absolute atomic E-state index is 0.0765. The third-order valence-corrected chi connectivity index (χ3v) is 2.49. The fourth-order valence-electron chi connectivity index (χ4n) is 1.48. The van der Waals surface area contributed by atoms with E-state index in [9.17, 15) is 10.1 Å². The van der Waals surface area contributed by atoms with Gasteiger partial charge in [0.1, 0.15) is 17.3 Å². The van der Waals surface area contributed by atoms with Crippen molar-refractivity contribution in [2.45, 2.75) is 6.42 Å². The van der Waals surface area contributed by atoms with Crippen molar-refractivity contribution in [2.75, 3.05) is 11.9 Å². The minimum Gasteiger partial charge on any atom is -0.369 e. The van der Waals surface area contributed by atoms with Gasteiger partial charge in [-0.25, -0.2) is 9.97 Å². The van der Waals surface area contributed by atoms with Crippen molar-refractivity contribution in [3.8, 4) is 0 Å². The average Bonchev–Trinajstić information content (AvgIpc) is 2.74. The summed E-state index contributed by atoms with van der Waals surface area (Å²) < 4.78 is 1.61. The van der Waals surface area contributed by atoms with Crippen molar-refractivity contribution >= 4 is 23.1 Å². The number of nitrogens with one attached hydrogen (secondary N) is 1. The third kappa shape index (κ3) is 3.62. The summed E-state index contributed by atoms with van der Waals surface area (Å²) in [4.78, 5) is 18.2. The van der Waals surface area contributed by atoms with Gasteiger partial charge >= 0.3 is 0 Å². The monoisotopic (exact) mass is 282 g/mol. The Morgan fingerprint density at radius 3 is 2.95 bits per heavy atom. The van der Waals surface area contributed by atoms with Crippen molar-refractivity contribution in [2.24, 2.45) is 7.05 Å². The fraction of sp³-hybridized carbons (Fsp3) is 0.300. The molecule has 0 fully saturated rings. The lowest BCUT2D eigenvalue weighted by atomic mass is 10.3. The molecule has 1 N–H and O–H groups in total. The Morgan fingerprint density at radius 2 is 2.32 bits per heavy atom. The summed E-state index contributed by atoms with van der Waals surface area (Å²) in [5.74, 6) is 1.04. The number of nitrogens with zero attached hydrogens (tertiary/aromatic N) is 5. The molecule has 100 valence electrons. The number of aromatic nitrogens is 4. The number of hydrogen-bond donors (Lipinski definition) is 1. The smallest absolute Gasteiger partial charge is 0.276 e. The summed E-state index contributed by atoms with van der Waals surface area (Å²) >= 11 is 5.71. The molecule has 0 amide bonds. The van der Waals surface area contributed by atoms with E-state index in [0.29, 0.717) is 24.6 Å². The molecule has 0 saturated heterocycles. The number of anilines is 1. The number of pyridine rings is 1. The lowest BCUT2D eigenvalue weighted by molar-refractivity contribution is -0.384. The van der Waals surface area contributed by atoms with Crippen LogP contribution in [0.5, 0.6) is 0 Å². The second-order valence-electron chi connectivity index (χ2n) is 3.80. The summed E-state index contributed by atoms with van der Waals surface area (Å²) in [5, 5.41) is 17.8. The van der Waals surface area contributed by atoms with Crippen LogP contribution in [-0.4, -0.2) is 31.2 Å². The standard InChI is InChI=1S/C10H11ClN6O2/c1-16-6-13-9(15-16)2-3-12-10-5-7(17(18)19)4-8(11)14-10/h4-6H,2-3H2,1H3,(H,12,14). The Kier molecular flexibility index (Phi) is 3.91. The van der Waals surface area contributed by atoms with Crippen LogP contribution < -0.4 is 5.32 Å². The van der Waals surface area contributed by atoms with Crippen LogP contribution in [0.2, 0.25) is 5.15 Å². The second-order valence-corrected chi connectivity index (χ2v) is 4.19. The van der Waals surface area contributed by atoms with E-state index in [4.69, 9.17) is 11.6 Å². The lowest BCUT2D eigenvalue weighted by Gasteiger charge is -2.04. The van der Waals surface area contributed by atoms with Crippen LogP contribution in [0.4, 0.5) is 11.5 Å². The number of rotatable bonds is 5. The molecular weight excluding hydrogens is 272 g/mol. The number of nitro groups is 1. The van der Waals surface area contributed by atoms with Crippen LogP contribution in [0.25, 0.3) is 0 Å². The lowest BCUT2D eigenvalue weighted by Crippen LogP contribution is -2.08. The van der Waals surface area contributed by atoms with Gasteiger partial charge in [0.2, 0.25) is 0 Å². The quantitative estimate of drug-likeness (QED) is 0.506. The van der Waals surface area contributed by atoms with Crippen LogP contribution >= 0.6 is 11.6 Å². The molecule has 2 heterocycles. The van der Waals surface area contributed by atoms with Crippen LogP contribution in [0.1, 0.15) is 5.82 Å². The maximum atomic E-state index is 10.7. The van der Waals surface area contributed by atoms with E-state index in [1.54, 1.807) is 18.1 Å². The van der Waals surface area contributed by atoms with Crippen molar-refractivity contribution in [3.05, 3.63) is 39.6 Å². The Hall–Kier alpha value is -2.22. The zero-order chi connectivity index (χ0) is 13.8. The Morgan fingerprint density at radius 1 is 1.53 bits per heavy atom. The normalized spacial score (nSPS) is 10.4. The van der Waals surface area contributed by atoms with E-state index in [0.717, 1.165) is 0 Å². The number of halogens is 1. The third-order valence-electron chi connectivity index (χ3n) is 2.29. The van der Waals surface area contributed by atoms with E-state index in [2.05, 4.69) is 20.4 Å². The van der Waals surface area contributed by atoms with Crippen molar-refractivity contribution < 1.29 is 4.92 Å². The van der Waals surface area contributed by atoms with Crippen LogP contribution in [-0.2, 0) is 13.5 Å². The zero-order valence-corrected chi connectivity index (χ0v) is 10.8. The summed E-state index contributed by atoms with van der Waals surface area (Å²) in [5.41, 5.74) is -0.0986. The maximum Gasteiger partial charge on any atom is 0.276 e. The van der Waals surface area contributed by atoms with Crippen molar-refractivity contribution in [1.29, 1.82) is 0 Å². The first kappa shape index (κ1) is 13.2. The molecule has 2 aromatic rings. The molecule has 0 aliphatic rings. The molecule has 0 atom stereocenters. The van der Waals surface area contributed by atoms with E-state index < -0.39 is 4.92 Å². The van der Waals surface area contributed by atoms with Crippen molar-refractivity contribution in [1.82, 2.24) is 19.7 Å². The first-order valence-electron chi connectivity index (χ1n) is 5.45. The predicted octanol–water partition coefficient (Wildman–Crippen LogP) is 1.43. The van der Waals surface area contributed by atoms with E-state index in [1.165, 1.54) is 12.1 Å². The number of hydrogen-bond acceptors (Lipinski definition) is 6. The molecular formula is C10H11ClN6O2.